The van der Waals surface area contributed by atoms with Gasteiger partial charge in [-0.25, -0.2) is 0 Å². The average Bonchev–Trinajstić information content (AvgIpc) is 2.47. The molecule has 0 bridgehead atoms. The summed E-state index contributed by atoms with van der Waals surface area (Å²) >= 11 is 0. The first-order valence-electron chi connectivity index (χ1n) is 5.82. The van der Waals surface area contributed by atoms with Gasteiger partial charge in [0.05, 0.1) is 14.2 Å². The molecule has 2 rings (SSSR count). The van der Waals surface area contributed by atoms with Crippen molar-refractivity contribution in [1.29, 1.82) is 0 Å². The van der Waals surface area contributed by atoms with Gasteiger partial charge in [0.2, 0.25) is 0 Å². The van der Waals surface area contributed by atoms with Gasteiger partial charge in [-0.1, -0.05) is 45.0 Å². The third kappa shape index (κ3) is 2.94. The van der Waals surface area contributed by atoms with E-state index in [2.05, 4.69) is 0 Å². The fraction of sp³-hybridized carbons (Fsp3) is 0.133. The van der Waals surface area contributed by atoms with Crippen LogP contribution in [0.4, 0.5) is 0 Å². The van der Waals surface area contributed by atoms with Crippen molar-refractivity contribution in [2.45, 2.75) is 0 Å². The van der Waals surface area contributed by atoms with E-state index < -0.39 is 0 Å². The molecule has 19 heavy (non-hydrogen) atoms. The Balaban J connectivity index is 2.40. The largest absolute Gasteiger partial charge is 0.493 e. The maximum Gasteiger partial charge on any atom is 0.168 e. The van der Waals surface area contributed by atoms with Crippen molar-refractivity contribution in [2.75, 3.05) is 14.2 Å². The van der Waals surface area contributed by atoms with Gasteiger partial charge in [0, 0.05) is 10.9 Å². The summed E-state index contributed by atoms with van der Waals surface area (Å²) in [5, 5.41) is 2.03. The number of methoxy groups -OCH3 is 2. The molecule has 0 amide bonds. The standard InChI is InChI=1S/C15H15O3P/c1-17-12-7-5-9-14(15(12)18-2)19-13-8-4-3-6-11(13)10-16/h3-10,19H,1-2H3. The monoisotopic (exact) mass is 274 g/mol. The molecule has 0 N–H and O–H groups in total. The first-order chi connectivity index (χ1) is 9.30. The minimum absolute atomic E-state index is 0.351. The number of benzene rings is 2. The Morgan fingerprint density at radius 1 is 0.947 bits per heavy atom. The molecule has 1 atom stereocenters. The SMILES string of the molecule is COc1cccc(Pc2ccccc2C=O)c1OC. The van der Waals surface area contributed by atoms with Crippen molar-refractivity contribution >= 4 is 25.5 Å². The molecule has 0 aliphatic heterocycles. The smallest absolute Gasteiger partial charge is 0.168 e. The van der Waals surface area contributed by atoms with E-state index in [1.165, 1.54) is 0 Å². The van der Waals surface area contributed by atoms with Gasteiger partial charge in [-0.15, -0.1) is 0 Å². The molecule has 0 saturated heterocycles. The van der Waals surface area contributed by atoms with Gasteiger partial charge in [0.1, 0.15) is 0 Å². The lowest BCUT2D eigenvalue weighted by molar-refractivity contribution is 0.112. The first-order valence-corrected chi connectivity index (χ1v) is 6.82. The third-order valence-corrected chi connectivity index (χ3v) is 4.15. The molecule has 1 unspecified atom stereocenters. The van der Waals surface area contributed by atoms with Crippen LogP contribution in [0.2, 0.25) is 0 Å². The minimum atomic E-state index is 0.351. The van der Waals surface area contributed by atoms with Gasteiger partial charge < -0.3 is 9.47 Å². The van der Waals surface area contributed by atoms with Crippen molar-refractivity contribution < 1.29 is 14.3 Å². The van der Waals surface area contributed by atoms with Crippen molar-refractivity contribution in [1.82, 2.24) is 0 Å². The van der Waals surface area contributed by atoms with Crippen LogP contribution in [0.3, 0.4) is 0 Å². The molecule has 2 aromatic rings. The van der Waals surface area contributed by atoms with Gasteiger partial charge >= 0.3 is 0 Å². The van der Waals surface area contributed by atoms with E-state index in [4.69, 9.17) is 9.47 Å². The van der Waals surface area contributed by atoms with Gasteiger partial charge in [0.15, 0.2) is 17.8 Å². The Morgan fingerprint density at radius 2 is 1.68 bits per heavy atom. The summed E-state index contributed by atoms with van der Waals surface area (Å²) in [5.74, 6) is 1.43. The molecule has 0 aliphatic carbocycles. The van der Waals surface area contributed by atoms with Gasteiger partial charge in [-0.3, -0.25) is 4.79 Å². The van der Waals surface area contributed by atoms with Crippen molar-refractivity contribution in [3.8, 4) is 11.5 Å². The third-order valence-electron chi connectivity index (χ3n) is 2.76. The van der Waals surface area contributed by atoms with Crippen LogP contribution in [-0.2, 0) is 0 Å². The summed E-state index contributed by atoms with van der Waals surface area (Å²) in [7, 11) is 3.59. The van der Waals surface area contributed by atoms with E-state index in [9.17, 15) is 4.79 Å². The highest BCUT2D eigenvalue weighted by Crippen LogP contribution is 2.29. The normalized spacial score (nSPS) is 10.6. The van der Waals surface area contributed by atoms with E-state index in [1.54, 1.807) is 14.2 Å². The number of para-hydroxylation sites is 1. The number of carbonyl (C=O) groups excluding carboxylic acids is 1. The molecule has 0 fully saturated rings. The molecule has 3 nitrogen and oxygen atoms in total. The molecule has 4 heteroatoms. The second kappa shape index (κ2) is 6.35. The van der Waals surface area contributed by atoms with Gasteiger partial charge in [-0.2, -0.15) is 0 Å². The first kappa shape index (κ1) is 13.6. The van der Waals surface area contributed by atoms with Crippen LogP contribution in [0.5, 0.6) is 11.5 Å². The molecule has 0 saturated carbocycles. The molecule has 2 aromatic carbocycles. The summed E-state index contributed by atoms with van der Waals surface area (Å²) < 4.78 is 10.7. The number of rotatable bonds is 5. The zero-order valence-corrected chi connectivity index (χ0v) is 11.8. The van der Waals surface area contributed by atoms with Crippen LogP contribution in [0.25, 0.3) is 0 Å². The number of aldehydes is 1. The average molecular weight is 274 g/mol. The van der Waals surface area contributed by atoms with Crippen molar-refractivity contribution in [2.24, 2.45) is 0 Å². The number of ether oxygens (including phenoxy) is 2. The van der Waals surface area contributed by atoms with Gasteiger partial charge in [-0.05, 0) is 11.4 Å². The maximum atomic E-state index is 11.0. The fourth-order valence-electron chi connectivity index (χ4n) is 1.84. The number of hydrogen-bond donors (Lipinski definition) is 0. The number of hydrogen-bond acceptors (Lipinski definition) is 3. The molecule has 0 radical (unpaired) electrons. The molecular formula is C15H15O3P. The Morgan fingerprint density at radius 3 is 2.37 bits per heavy atom. The van der Waals surface area contributed by atoms with Crippen LogP contribution in [0, 0.1) is 0 Å². The highest BCUT2D eigenvalue weighted by molar-refractivity contribution is 7.56. The van der Waals surface area contributed by atoms with E-state index in [-0.39, 0.29) is 0 Å². The fourth-order valence-corrected chi connectivity index (χ4v) is 3.12. The van der Waals surface area contributed by atoms with E-state index in [0.29, 0.717) is 19.9 Å². The second-order valence-electron chi connectivity index (χ2n) is 3.87. The van der Waals surface area contributed by atoms with Crippen LogP contribution in [-0.4, -0.2) is 20.5 Å². The van der Waals surface area contributed by atoms with Crippen LogP contribution in [0.15, 0.2) is 42.5 Å². The van der Waals surface area contributed by atoms with E-state index in [1.807, 2.05) is 42.5 Å². The summed E-state index contributed by atoms with van der Waals surface area (Å²) in [6.07, 6.45) is 0.884. The van der Waals surface area contributed by atoms with E-state index >= 15 is 0 Å². The highest BCUT2D eigenvalue weighted by atomic mass is 31.1. The lowest BCUT2D eigenvalue weighted by atomic mass is 10.2. The highest BCUT2D eigenvalue weighted by Gasteiger charge is 2.11. The Hall–Kier alpha value is -1.86. The van der Waals surface area contributed by atoms with E-state index in [0.717, 1.165) is 22.6 Å². The summed E-state index contributed by atoms with van der Waals surface area (Å²) in [4.78, 5) is 11.0. The predicted molar refractivity (Wildman–Crippen MR) is 79.0 cm³/mol. The topological polar surface area (TPSA) is 35.5 Å². The quantitative estimate of drug-likeness (QED) is 0.619. The zero-order chi connectivity index (χ0) is 13.7. The second-order valence-corrected chi connectivity index (χ2v) is 5.20. The van der Waals surface area contributed by atoms with Crippen molar-refractivity contribution in [3.05, 3.63) is 48.0 Å². The Kier molecular flexibility index (Phi) is 4.53. The van der Waals surface area contributed by atoms with Crippen LogP contribution in [0.1, 0.15) is 10.4 Å². The molecule has 0 aromatic heterocycles. The Bertz CT molecular complexity index is 581. The molecule has 0 heterocycles. The minimum Gasteiger partial charge on any atom is -0.493 e. The van der Waals surface area contributed by atoms with Crippen molar-refractivity contribution in [3.63, 3.8) is 0 Å². The summed E-state index contributed by atoms with van der Waals surface area (Å²) in [5.41, 5.74) is 0.714. The molecule has 98 valence electrons. The predicted octanol–water partition coefficient (Wildman–Crippen LogP) is 2.15. The lowest BCUT2D eigenvalue weighted by Crippen LogP contribution is -2.11. The van der Waals surface area contributed by atoms with Crippen LogP contribution < -0.4 is 20.1 Å². The lowest BCUT2D eigenvalue weighted by Gasteiger charge is -2.13. The maximum absolute atomic E-state index is 11.0. The summed E-state index contributed by atoms with van der Waals surface area (Å²) in [6, 6.07) is 13.3. The zero-order valence-electron chi connectivity index (χ0n) is 10.8. The Labute approximate surface area is 114 Å². The molecular weight excluding hydrogens is 259 g/mol. The number of carbonyl (C=O) groups is 1. The molecule has 0 spiro atoms. The molecule has 0 aliphatic rings. The van der Waals surface area contributed by atoms with Crippen LogP contribution >= 0.6 is 8.58 Å². The summed E-state index contributed by atoms with van der Waals surface area (Å²) in [6.45, 7) is 0. The van der Waals surface area contributed by atoms with Gasteiger partial charge in [0.25, 0.3) is 0 Å².